The summed E-state index contributed by atoms with van der Waals surface area (Å²) in [6.45, 7) is 7.70. The highest BCUT2D eigenvalue weighted by molar-refractivity contribution is 5.80. The number of fused-ring (bicyclic) bond motifs is 4. The predicted octanol–water partition coefficient (Wildman–Crippen LogP) is 4.55. The topological polar surface area (TPSA) is 65.7 Å². The van der Waals surface area contributed by atoms with Crippen LogP contribution < -0.4 is 0 Å². The van der Waals surface area contributed by atoms with Gasteiger partial charge in [0.15, 0.2) is 0 Å². The van der Waals surface area contributed by atoms with E-state index in [0.717, 1.165) is 30.2 Å². The number of rotatable bonds is 3. The first-order chi connectivity index (χ1) is 13.2. The Balaban J connectivity index is 1.85. The molecule has 28 heavy (non-hydrogen) atoms. The predicted molar refractivity (Wildman–Crippen MR) is 105 cm³/mol. The van der Waals surface area contributed by atoms with Crippen LogP contribution >= 0.6 is 0 Å². The number of hydrogen-bond acceptors (Lipinski definition) is 5. The zero-order chi connectivity index (χ0) is 20.1. The fraction of sp³-hybridized carbons (Fsp3) is 0.565. The second-order valence-corrected chi connectivity index (χ2v) is 9.00. The molecule has 1 saturated carbocycles. The van der Waals surface area contributed by atoms with Gasteiger partial charge >= 0.3 is 11.9 Å². The average Bonchev–Trinajstić information content (AvgIpc) is 3.05. The lowest BCUT2D eigenvalue weighted by atomic mass is 9.49. The number of carbonyl (C=O) groups excluding carboxylic acids is 2. The maximum Gasteiger partial charge on any atom is 0.302 e. The largest absolute Gasteiger partial charge is 0.465 e. The normalized spacial score (nSPS) is 31.7. The molecule has 0 aliphatic heterocycles. The summed E-state index contributed by atoms with van der Waals surface area (Å²) < 4.78 is 17.0. The molecule has 0 radical (unpaired) electrons. The summed E-state index contributed by atoms with van der Waals surface area (Å²) >= 11 is 0. The van der Waals surface area contributed by atoms with Crippen molar-refractivity contribution in [2.24, 2.45) is 11.3 Å². The van der Waals surface area contributed by atoms with E-state index >= 15 is 0 Å². The van der Waals surface area contributed by atoms with Crippen LogP contribution in [-0.4, -0.2) is 24.6 Å². The van der Waals surface area contributed by atoms with Gasteiger partial charge in [-0.15, -0.1) is 0 Å². The van der Waals surface area contributed by atoms with Crippen LogP contribution in [-0.2, 0) is 30.9 Å². The van der Waals surface area contributed by atoms with Crippen molar-refractivity contribution in [2.75, 3.05) is 6.61 Å². The first kappa shape index (κ1) is 19.0. The summed E-state index contributed by atoms with van der Waals surface area (Å²) in [6, 6.07) is 6.31. The summed E-state index contributed by atoms with van der Waals surface area (Å²) in [5.74, 6) is -0.469. The minimum Gasteiger partial charge on any atom is -0.465 e. The van der Waals surface area contributed by atoms with Crippen molar-refractivity contribution in [1.82, 2.24) is 0 Å². The maximum absolute atomic E-state index is 11.9. The van der Waals surface area contributed by atoms with Crippen molar-refractivity contribution in [2.45, 2.75) is 64.9 Å². The van der Waals surface area contributed by atoms with Gasteiger partial charge in [0, 0.05) is 37.0 Å². The van der Waals surface area contributed by atoms with Crippen LogP contribution in [0.25, 0.3) is 11.0 Å². The molecule has 2 aliphatic rings. The molecule has 2 aliphatic carbocycles. The monoisotopic (exact) mass is 384 g/mol. The smallest absolute Gasteiger partial charge is 0.302 e. The van der Waals surface area contributed by atoms with Crippen LogP contribution in [0.1, 0.15) is 58.1 Å². The summed E-state index contributed by atoms with van der Waals surface area (Å²) in [4.78, 5) is 23.5. The zero-order valence-corrected chi connectivity index (χ0v) is 17.0. The third-order valence-electron chi connectivity index (χ3n) is 6.89. The molecule has 1 heterocycles. The highest BCUT2D eigenvalue weighted by Crippen LogP contribution is 2.58. The highest BCUT2D eigenvalue weighted by Gasteiger charge is 2.57. The van der Waals surface area contributed by atoms with Crippen molar-refractivity contribution >= 4 is 22.9 Å². The van der Waals surface area contributed by atoms with Gasteiger partial charge in [0.25, 0.3) is 0 Å². The highest BCUT2D eigenvalue weighted by atomic mass is 16.5. The lowest BCUT2D eigenvalue weighted by Crippen LogP contribution is -2.57. The van der Waals surface area contributed by atoms with E-state index < -0.39 is 0 Å². The SMILES string of the molecule is CC(=O)OC[C@]1(C)CCC[C@]2(C)c3cc4occc4cc3C[C@@H](OC(C)=O)[C@@H]12. The number of carbonyl (C=O) groups is 2. The molecular formula is C23H28O5. The fourth-order valence-electron chi connectivity index (χ4n) is 5.94. The van der Waals surface area contributed by atoms with Crippen LogP contribution in [0.15, 0.2) is 28.9 Å². The Bertz CT molecular complexity index is 928. The van der Waals surface area contributed by atoms with Crippen molar-refractivity contribution in [3.63, 3.8) is 0 Å². The Kier molecular flexibility index (Phi) is 4.52. The molecule has 0 spiro atoms. The van der Waals surface area contributed by atoms with Gasteiger partial charge in [-0.05, 0) is 47.6 Å². The standard InChI is InChI=1S/C23H28O5/c1-14(24)27-13-22(3)7-5-8-23(4)18-12-19-16(6-9-26-19)10-17(18)11-20(21(22)23)28-15(2)25/h6,9-10,12,20-21H,5,7-8,11,13H2,1-4H3/t20-,21+,22+,23-/m1/s1. The van der Waals surface area contributed by atoms with E-state index in [0.29, 0.717) is 13.0 Å². The summed E-state index contributed by atoms with van der Waals surface area (Å²) in [5.41, 5.74) is 2.95. The molecule has 1 fully saturated rings. The second kappa shape index (κ2) is 6.64. The molecule has 0 bridgehead atoms. The minimum atomic E-state index is -0.272. The Hall–Kier alpha value is -2.30. The van der Waals surface area contributed by atoms with Crippen LogP contribution in [0.2, 0.25) is 0 Å². The first-order valence-corrected chi connectivity index (χ1v) is 10.0. The van der Waals surface area contributed by atoms with Crippen molar-refractivity contribution in [3.8, 4) is 0 Å². The summed E-state index contributed by atoms with van der Waals surface area (Å²) in [7, 11) is 0. The lowest BCUT2D eigenvalue weighted by molar-refractivity contribution is -0.167. The Morgan fingerprint density at radius 1 is 1.18 bits per heavy atom. The van der Waals surface area contributed by atoms with Gasteiger partial charge in [-0.25, -0.2) is 0 Å². The van der Waals surface area contributed by atoms with Crippen LogP contribution in [0, 0.1) is 11.3 Å². The van der Waals surface area contributed by atoms with E-state index in [1.54, 1.807) is 6.26 Å². The quantitative estimate of drug-likeness (QED) is 0.727. The van der Waals surface area contributed by atoms with E-state index in [2.05, 4.69) is 26.0 Å². The lowest BCUT2D eigenvalue weighted by Gasteiger charge is -2.57. The van der Waals surface area contributed by atoms with Crippen LogP contribution in [0.3, 0.4) is 0 Å². The molecular weight excluding hydrogens is 356 g/mol. The van der Waals surface area contributed by atoms with Gasteiger partial charge in [-0.3, -0.25) is 9.59 Å². The van der Waals surface area contributed by atoms with Crippen LogP contribution in [0.5, 0.6) is 0 Å². The number of furan rings is 1. The molecule has 5 nitrogen and oxygen atoms in total. The molecule has 150 valence electrons. The van der Waals surface area contributed by atoms with E-state index in [4.69, 9.17) is 13.9 Å². The molecule has 2 aromatic rings. The molecule has 0 saturated heterocycles. The molecule has 4 atom stereocenters. The van der Waals surface area contributed by atoms with Gasteiger partial charge in [-0.1, -0.05) is 20.3 Å². The van der Waals surface area contributed by atoms with E-state index in [9.17, 15) is 9.59 Å². The third kappa shape index (κ3) is 3.01. The van der Waals surface area contributed by atoms with Gasteiger partial charge in [0.1, 0.15) is 11.7 Å². The number of benzene rings is 1. The minimum absolute atomic E-state index is 0.0666. The Labute approximate surface area is 165 Å². The Morgan fingerprint density at radius 3 is 2.68 bits per heavy atom. The molecule has 5 heteroatoms. The Morgan fingerprint density at radius 2 is 1.96 bits per heavy atom. The maximum atomic E-state index is 11.9. The van der Waals surface area contributed by atoms with Gasteiger partial charge in [-0.2, -0.15) is 0 Å². The van der Waals surface area contributed by atoms with E-state index in [-0.39, 0.29) is 34.8 Å². The molecule has 1 aromatic carbocycles. The van der Waals surface area contributed by atoms with Crippen molar-refractivity contribution < 1.29 is 23.5 Å². The fourth-order valence-corrected chi connectivity index (χ4v) is 5.94. The first-order valence-electron chi connectivity index (χ1n) is 10.0. The molecule has 0 amide bonds. The van der Waals surface area contributed by atoms with Crippen molar-refractivity contribution in [3.05, 3.63) is 35.6 Å². The van der Waals surface area contributed by atoms with Gasteiger partial charge in [0.05, 0.1) is 12.9 Å². The van der Waals surface area contributed by atoms with Crippen molar-refractivity contribution in [1.29, 1.82) is 0 Å². The number of esters is 2. The van der Waals surface area contributed by atoms with Gasteiger partial charge < -0.3 is 13.9 Å². The summed E-state index contributed by atoms with van der Waals surface area (Å²) in [6.07, 6.45) is 5.13. The number of ether oxygens (including phenoxy) is 2. The molecule has 0 N–H and O–H groups in total. The second-order valence-electron chi connectivity index (χ2n) is 9.00. The van der Waals surface area contributed by atoms with E-state index in [1.807, 2.05) is 6.07 Å². The van der Waals surface area contributed by atoms with E-state index in [1.165, 1.54) is 25.0 Å². The number of hydrogen-bond donors (Lipinski definition) is 0. The zero-order valence-electron chi connectivity index (χ0n) is 17.0. The third-order valence-corrected chi connectivity index (χ3v) is 6.89. The molecule has 4 rings (SSSR count). The summed E-state index contributed by atoms with van der Waals surface area (Å²) in [5, 5.41) is 1.07. The van der Waals surface area contributed by atoms with Crippen LogP contribution in [0.4, 0.5) is 0 Å². The molecule has 1 aromatic heterocycles. The average molecular weight is 384 g/mol. The molecule has 0 unspecified atom stereocenters. The van der Waals surface area contributed by atoms with Gasteiger partial charge in [0.2, 0.25) is 0 Å².